The van der Waals surface area contributed by atoms with Gasteiger partial charge in [0.25, 0.3) is 5.91 Å². The molecule has 7 nitrogen and oxygen atoms in total. The molecule has 3 heterocycles. The molecule has 3 fully saturated rings. The van der Waals surface area contributed by atoms with Crippen LogP contribution in [0.15, 0.2) is 6.33 Å². The molecule has 1 saturated carbocycles. The summed E-state index contributed by atoms with van der Waals surface area (Å²) in [5, 5.41) is 6.28. The second-order valence-corrected chi connectivity index (χ2v) is 6.88. The van der Waals surface area contributed by atoms with Crippen LogP contribution in [0.4, 0.5) is 4.39 Å². The molecule has 124 valence electrons. The molecule has 1 N–H and O–H groups in total. The third-order valence-corrected chi connectivity index (χ3v) is 5.48. The number of halogens is 1. The minimum atomic E-state index is -0.894. The summed E-state index contributed by atoms with van der Waals surface area (Å²) in [5.74, 6) is 0.352. The van der Waals surface area contributed by atoms with Crippen molar-refractivity contribution in [3.63, 3.8) is 0 Å². The van der Waals surface area contributed by atoms with Gasteiger partial charge in [0.05, 0.1) is 12.0 Å². The van der Waals surface area contributed by atoms with Crippen LogP contribution in [0.25, 0.3) is 0 Å². The first kappa shape index (κ1) is 14.6. The van der Waals surface area contributed by atoms with Crippen LogP contribution in [0.2, 0.25) is 0 Å². The molecule has 0 bridgehead atoms. The summed E-state index contributed by atoms with van der Waals surface area (Å²) in [7, 11) is 0. The number of aromatic nitrogens is 3. The molecule has 0 radical (unpaired) electrons. The van der Waals surface area contributed by atoms with Crippen molar-refractivity contribution in [1.29, 1.82) is 0 Å². The predicted molar refractivity (Wildman–Crippen MR) is 78.2 cm³/mol. The van der Waals surface area contributed by atoms with Crippen LogP contribution in [0.1, 0.15) is 36.3 Å². The average molecular weight is 321 g/mol. The number of fused-ring (bicyclic) bond motifs is 1. The van der Waals surface area contributed by atoms with Crippen LogP contribution in [-0.2, 0) is 4.79 Å². The highest BCUT2D eigenvalue weighted by Gasteiger charge is 2.63. The topological polar surface area (TPSA) is 82.2 Å². The number of likely N-dealkylation sites (tertiary alicyclic amines) is 2. The number of hydrogen-bond acceptors (Lipinski definition) is 4. The summed E-state index contributed by atoms with van der Waals surface area (Å²) in [4.78, 5) is 32.4. The van der Waals surface area contributed by atoms with Gasteiger partial charge < -0.3 is 9.80 Å². The zero-order valence-electron chi connectivity index (χ0n) is 12.9. The van der Waals surface area contributed by atoms with Crippen molar-refractivity contribution in [3.05, 3.63) is 12.2 Å². The lowest BCUT2D eigenvalue weighted by Gasteiger charge is -2.36. The minimum absolute atomic E-state index is 0.0941. The van der Waals surface area contributed by atoms with Crippen molar-refractivity contribution in [3.8, 4) is 0 Å². The second kappa shape index (κ2) is 5.28. The molecule has 0 spiro atoms. The van der Waals surface area contributed by atoms with Crippen LogP contribution < -0.4 is 0 Å². The number of hydrogen-bond donors (Lipinski definition) is 1. The SMILES string of the molecule is O=C(c1ncn[nH]1)N1CC[C@]2(C(=O)N3CCC[C@H](F)C3)C[C@H]2C1. The molecule has 0 aromatic carbocycles. The fourth-order valence-corrected chi connectivity index (χ4v) is 4.05. The molecule has 2 aliphatic heterocycles. The monoisotopic (exact) mass is 321 g/mol. The van der Waals surface area contributed by atoms with E-state index in [0.717, 1.165) is 12.8 Å². The van der Waals surface area contributed by atoms with Gasteiger partial charge in [-0.05, 0) is 31.6 Å². The number of amides is 2. The number of carbonyl (C=O) groups excluding carboxylic acids is 2. The number of nitrogens with one attached hydrogen (secondary N) is 1. The number of rotatable bonds is 2. The molecular formula is C15H20FN5O2. The normalized spacial score (nSPS) is 33.3. The lowest BCUT2D eigenvalue weighted by atomic mass is 9.92. The molecule has 2 amide bonds. The highest BCUT2D eigenvalue weighted by molar-refractivity contribution is 5.91. The number of nitrogens with zero attached hydrogens (tertiary/aromatic N) is 4. The van der Waals surface area contributed by atoms with Crippen molar-refractivity contribution in [2.75, 3.05) is 26.2 Å². The highest BCUT2D eigenvalue weighted by atomic mass is 19.1. The predicted octanol–water partition coefficient (Wildman–Crippen LogP) is 0.617. The van der Waals surface area contributed by atoms with Gasteiger partial charge in [-0.25, -0.2) is 9.37 Å². The molecule has 3 atom stereocenters. The number of piperidine rings is 2. The van der Waals surface area contributed by atoms with E-state index in [1.54, 1.807) is 9.80 Å². The van der Waals surface area contributed by atoms with Crippen molar-refractivity contribution < 1.29 is 14.0 Å². The lowest BCUT2D eigenvalue weighted by molar-refractivity contribution is -0.141. The molecule has 3 aliphatic rings. The molecule has 2 saturated heterocycles. The molecular weight excluding hydrogens is 301 g/mol. The van der Waals surface area contributed by atoms with Gasteiger partial charge in [0.1, 0.15) is 12.5 Å². The van der Waals surface area contributed by atoms with Crippen molar-refractivity contribution >= 4 is 11.8 Å². The Hall–Kier alpha value is -1.99. The number of alkyl halides is 1. The zero-order chi connectivity index (χ0) is 16.0. The van der Waals surface area contributed by atoms with Gasteiger partial charge >= 0.3 is 0 Å². The second-order valence-electron chi connectivity index (χ2n) is 6.88. The number of aromatic amines is 1. The van der Waals surface area contributed by atoms with Crippen LogP contribution in [0.5, 0.6) is 0 Å². The maximum absolute atomic E-state index is 13.6. The van der Waals surface area contributed by atoms with Gasteiger partial charge in [-0.2, -0.15) is 5.10 Å². The molecule has 0 unspecified atom stereocenters. The maximum atomic E-state index is 13.6. The molecule has 4 rings (SSSR count). The first-order chi connectivity index (χ1) is 11.1. The van der Waals surface area contributed by atoms with E-state index < -0.39 is 6.17 Å². The van der Waals surface area contributed by atoms with E-state index in [1.165, 1.54) is 6.33 Å². The zero-order valence-corrected chi connectivity index (χ0v) is 12.9. The van der Waals surface area contributed by atoms with Crippen LogP contribution >= 0.6 is 0 Å². The smallest absolute Gasteiger partial charge is 0.291 e. The van der Waals surface area contributed by atoms with Gasteiger partial charge in [-0.15, -0.1) is 0 Å². The van der Waals surface area contributed by atoms with E-state index in [1.807, 2.05) is 0 Å². The van der Waals surface area contributed by atoms with E-state index in [2.05, 4.69) is 15.2 Å². The molecule has 8 heteroatoms. The maximum Gasteiger partial charge on any atom is 0.291 e. The quantitative estimate of drug-likeness (QED) is 0.865. The van der Waals surface area contributed by atoms with Gasteiger partial charge in [-0.3, -0.25) is 14.7 Å². The Bertz CT molecular complexity index is 621. The number of H-pyrrole nitrogens is 1. The van der Waals surface area contributed by atoms with Crippen molar-refractivity contribution in [2.45, 2.75) is 31.9 Å². The summed E-state index contributed by atoms with van der Waals surface area (Å²) in [6.45, 7) is 2.00. The van der Waals surface area contributed by atoms with Crippen LogP contribution in [-0.4, -0.2) is 69.1 Å². The summed E-state index contributed by atoms with van der Waals surface area (Å²) >= 11 is 0. The highest BCUT2D eigenvalue weighted by Crippen LogP contribution is 2.59. The van der Waals surface area contributed by atoms with Crippen molar-refractivity contribution in [2.24, 2.45) is 11.3 Å². The number of carbonyl (C=O) groups is 2. The van der Waals surface area contributed by atoms with E-state index >= 15 is 0 Å². The van der Waals surface area contributed by atoms with Gasteiger partial charge in [0, 0.05) is 19.6 Å². The van der Waals surface area contributed by atoms with Crippen LogP contribution in [0, 0.1) is 11.3 Å². The summed E-state index contributed by atoms with van der Waals surface area (Å²) in [6, 6.07) is 0. The van der Waals surface area contributed by atoms with Gasteiger partial charge in [0.15, 0.2) is 0 Å². The van der Waals surface area contributed by atoms with Gasteiger partial charge in [0.2, 0.25) is 11.7 Å². The Labute approximate surface area is 133 Å². The standard InChI is InChI=1S/C15H20FN5O2/c16-11-2-1-4-21(8-11)14(23)15-3-5-20(7-10(15)6-15)13(22)12-17-9-18-19-12/h9-11H,1-8H2,(H,17,18,19)/t10-,11-,15-/m0/s1. The lowest BCUT2D eigenvalue weighted by Crippen LogP contribution is -2.49. The van der Waals surface area contributed by atoms with E-state index in [-0.39, 0.29) is 35.5 Å². The Balaban J connectivity index is 1.41. The summed E-state index contributed by atoms with van der Waals surface area (Å²) < 4.78 is 13.6. The third kappa shape index (κ3) is 2.40. The Morgan fingerprint density at radius 1 is 1.30 bits per heavy atom. The summed E-state index contributed by atoms with van der Waals surface area (Å²) in [5.41, 5.74) is -0.352. The fourth-order valence-electron chi connectivity index (χ4n) is 4.05. The first-order valence-electron chi connectivity index (χ1n) is 8.18. The molecule has 1 aliphatic carbocycles. The first-order valence-corrected chi connectivity index (χ1v) is 8.18. The average Bonchev–Trinajstić information content (AvgIpc) is 3.04. The minimum Gasteiger partial charge on any atom is -0.339 e. The van der Waals surface area contributed by atoms with E-state index in [9.17, 15) is 14.0 Å². The third-order valence-electron chi connectivity index (χ3n) is 5.48. The molecule has 1 aromatic rings. The Morgan fingerprint density at radius 2 is 2.17 bits per heavy atom. The Morgan fingerprint density at radius 3 is 2.87 bits per heavy atom. The van der Waals surface area contributed by atoms with E-state index in [0.29, 0.717) is 32.5 Å². The fraction of sp³-hybridized carbons (Fsp3) is 0.733. The Kier molecular flexibility index (Phi) is 3.35. The molecule has 23 heavy (non-hydrogen) atoms. The largest absolute Gasteiger partial charge is 0.339 e. The molecule has 1 aromatic heterocycles. The van der Waals surface area contributed by atoms with Crippen molar-refractivity contribution in [1.82, 2.24) is 25.0 Å². The summed E-state index contributed by atoms with van der Waals surface area (Å²) in [6.07, 6.45) is 3.17. The van der Waals surface area contributed by atoms with Gasteiger partial charge in [-0.1, -0.05) is 0 Å². The van der Waals surface area contributed by atoms with E-state index in [4.69, 9.17) is 0 Å². The van der Waals surface area contributed by atoms with Crippen LogP contribution in [0.3, 0.4) is 0 Å².